The minimum Gasteiger partial charge on any atom is -0.335 e. The van der Waals surface area contributed by atoms with Crippen LogP contribution in [0.2, 0.25) is 0 Å². The molecule has 0 saturated carbocycles. The zero-order valence-corrected chi connectivity index (χ0v) is 14.5. The normalized spacial score (nSPS) is 18.8. The van der Waals surface area contributed by atoms with Gasteiger partial charge in [0.2, 0.25) is 5.91 Å². The number of carbonyl (C=O) groups excluding carboxylic acids is 2. The molecule has 1 aromatic heterocycles. The fourth-order valence-electron chi connectivity index (χ4n) is 3.11. The molecule has 1 saturated heterocycles. The van der Waals surface area contributed by atoms with Crippen molar-refractivity contribution in [2.24, 2.45) is 5.92 Å². The minimum absolute atomic E-state index is 0.0137. The molecule has 5 nitrogen and oxygen atoms in total. The first-order chi connectivity index (χ1) is 11.6. The standard InChI is InChI=1S/C18H21N3O2S/c1-14(22)24-12-15-9-18(23)21(10-15)17(11-20-8-7-19-13-20)16-5-3-2-4-6-16/h2-8,13,15,17H,9-12H2,1H3. The maximum atomic E-state index is 12.6. The average Bonchev–Trinajstić information content (AvgIpc) is 3.21. The fourth-order valence-corrected chi connectivity index (χ4v) is 3.80. The van der Waals surface area contributed by atoms with Crippen LogP contribution in [0.25, 0.3) is 0 Å². The molecule has 2 atom stereocenters. The van der Waals surface area contributed by atoms with Crippen LogP contribution < -0.4 is 0 Å². The molecule has 0 bridgehead atoms. The summed E-state index contributed by atoms with van der Waals surface area (Å²) in [4.78, 5) is 29.8. The van der Waals surface area contributed by atoms with Crippen LogP contribution in [0, 0.1) is 5.92 Å². The van der Waals surface area contributed by atoms with Gasteiger partial charge in [0, 0.05) is 44.6 Å². The van der Waals surface area contributed by atoms with Crippen LogP contribution in [-0.2, 0) is 16.1 Å². The van der Waals surface area contributed by atoms with Gasteiger partial charge in [0.1, 0.15) is 0 Å². The smallest absolute Gasteiger partial charge is 0.223 e. The van der Waals surface area contributed by atoms with Gasteiger partial charge in [0.25, 0.3) is 0 Å². The van der Waals surface area contributed by atoms with E-state index in [-0.39, 0.29) is 23.0 Å². The van der Waals surface area contributed by atoms with Crippen LogP contribution in [0.3, 0.4) is 0 Å². The molecule has 2 aromatic rings. The number of imidazole rings is 1. The van der Waals surface area contributed by atoms with Crippen LogP contribution in [-0.4, -0.2) is 37.8 Å². The van der Waals surface area contributed by atoms with E-state index in [9.17, 15) is 9.59 Å². The first kappa shape index (κ1) is 16.8. The maximum absolute atomic E-state index is 12.6. The number of hydrogen-bond donors (Lipinski definition) is 0. The summed E-state index contributed by atoms with van der Waals surface area (Å²) < 4.78 is 2.00. The molecular formula is C18H21N3O2S. The Bertz CT molecular complexity index is 688. The van der Waals surface area contributed by atoms with Gasteiger partial charge in [-0.3, -0.25) is 9.59 Å². The number of thioether (sulfide) groups is 1. The van der Waals surface area contributed by atoms with Gasteiger partial charge in [-0.05, 0) is 11.5 Å². The Labute approximate surface area is 146 Å². The van der Waals surface area contributed by atoms with Crippen molar-refractivity contribution in [3.8, 4) is 0 Å². The first-order valence-electron chi connectivity index (χ1n) is 8.07. The van der Waals surface area contributed by atoms with Crippen LogP contribution in [0.4, 0.5) is 0 Å². The Morgan fingerprint density at radius 3 is 2.83 bits per heavy atom. The summed E-state index contributed by atoms with van der Waals surface area (Å²) in [6, 6.07) is 10.1. The van der Waals surface area contributed by atoms with Crippen LogP contribution in [0.15, 0.2) is 49.1 Å². The van der Waals surface area contributed by atoms with Crippen LogP contribution in [0.5, 0.6) is 0 Å². The van der Waals surface area contributed by atoms with Crippen molar-refractivity contribution in [2.75, 3.05) is 12.3 Å². The zero-order valence-electron chi connectivity index (χ0n) is 13.7. The van der Waals surface area contributed by atoms with Gasteiger partial charge >= 0.3 is 0 Å². The Morgan fingerprint density at radius 2 is 2.17 bits per heavy atom. The van der Waals surface area contributed by atoms with E-state index in [0.717, 1.165) is 5.56 Å². The average molecular weight is 343 g/mol. The molecule has 1 aliphatic heterocycles. The summed E-state index contributed by atoms with van der Waals surface area (Å²) in [7, 11) is 0. The molecule has 0 radical (unpaired) electrons. The molecule has 0 aliphatic carbocycles. The molecule has 6 heteroatoms. The fraction of sp³-hybridized carbons (Fsp3) is 0.389. The Kier molecular flexibility index (Phi) is 5.35. The van der Waals surface area contributed by atoms with Gasteiger partial charge < -0.3 is 9.47 Å². The molecule has 2 unspecified atom stereocenters. The number of carbonyl (C=O) groups is 2. The zero-order chi connectivity index (χ0) is 16.9. The van der Waals surface area contributed by atoms with Crippen molar-refractivity contribution in [1.29, 1.82) is 0 Å². The summed E-state index contributed by atoms with van der Waals surface area (Å²) in [5.74, 6) is 1.11. The van der Waals surface area contributed by atoms with Crippen molar-refractivity contribution in [2.45, 2.75) is 25.9 Å². The molecule has 1 amide bonds. The second-order valence-corrected chi connectivity index (χ2v) is 7.30. The van der Waals surface area contributed by atoms with Gasteiger partial charge in [-0.25, -0.2) is 4.98 Å². The van der Waals surface area contributed by atoms with E-state index in [4.69, 9.17) is 0 Å². The lowest BCUT2D eigenvalue weighted by molar-refractivity contribution is -0.130. The quantitative estimate of drug-likeness (QED) is 0.809. The van der Waals surface area contributed by atoms with E-state index in [2.05, 4.69) is 17.1 Å². The summed E-state index contributed by atoms with van der Waals surface area (Å²) in [5.41, 5.74) is 1.12. The lowest BCUT2D eigenvalue weighted by Crippen LogP contribution is -2.33. The summed E-state index contributed by atoms with van der Waals surface area (Å²) in [5, 5.41) is 0.110. The van der Waals surface area contributed by atoms with Gasteiger partial charge in [-0.15, -0.1) is 0 Å². The van der Waals surface area contributed by atoms with E-state index in [1.54, 1.807) is 19.4 Å². The highest BCUT2D eigenvalue weighted by molar-refractivity contribution is 8.13. The molecule has 126 valence electrons. The second-order valence-electron chi connectivity index (χ2n) is 6.10. The number of hydrogen-bond acceptors (Lipinski definition) is 4. The van der Waals surface area contributed by atoms with Crippen LogP contribution in [0.1, 0.15) is 24.9 Å². The number of amides is 1. The number of benzene rings is 1. The van der Waals surface area contributed by atoms with Gasteiger partial charge in [-0.2, -0.15) is 0 Å². The minimum atomic E-state index is -0.0137. The van der Waals surface area contributed by atoms with Gasteiger partial charge in [-0.1, -0.05) is 42.1 Å². The van der Waals surface area contributed by atoms with Crippen molar-refractivity contribution in [1.82, 2.24) is 14.5 Å². The third kappa shape index (κ3) is 4.06. The van der Waals surface area contributed by atoms with E-state index in [1.165, 1.54) is 11.8 Å². The Balaban J connectivity index is 1.77. The summed E-state index contributed by atoms with van der Waals surface area (Å²) >= 11 is 1.31. The highest BCUT2D eigenvalue weighted by atomic mass is 32.2. The third-order valence-electron chi connectivity index (χ3n) is 4.26. The van der Waals surface area contributed by atoms with Crippen molar-refractivity contribution < 1.29 is 9.59 Å². The molecule has 0 N–H and O–H groups in total. The summed E-state index contributed by atoms with van der Waals surface area (Å²) in [6.45, 7) is 2.96. The van der Waals surface area contributed by atoms with E-state index >= 15 is 0 Å². The highest BCUT2D eigenvalue weighted by Gasteiger charge is 2.35. The molecule has 3 rings (SSSR count). The topological polar surface area (TPSA) is 55.2 Å². The molecule has 1 fully saturated rings. The van der Waals surface area contributed by atoms with E-state index < -0.39 is 0 Å². The van der Waals surface area contributed by atoms with Crippen molar-refractivity contribution in [3.63, 3.8) is 0 Å². The van der Waals surface area contributed by atoms with E-state index in [0.29, 0.717) is 25.3 Å². The highest BCUT2D eigenvalue weighted by Crippen LogP contribution is 2.31. The second kappa shape index (κ2) is 7.66. The lowest BCUT2D eigenvalue weighted by Gasteiger charge is -2.29. The molecular weight excluding hydrogens is 322 g/mol. The molecule has 1 aromatic carbocycles. The van der Waals surface area contributed by atoms with Crippen molar-refractivity contribution in [3.05, 3.63) is 54.6 Å². The molecule has 0 spiro atoms. The van der Waals surface area contributed by atoms with Gasteiger partial charge in [0.05, 0.1) is 12.4 Å². The molecule has 24 heavy (non-hydrogen) atoms. The number of nitrogens with zero attached hydrogens (tertiary/aromatic N) is 3. The third-order valence-corrected chi connectivity index (χ3v) is 5.31. The number of aromatic nitrogens is 2. The van der Waals surface area contributed by atoms with Crippen LogP contribution >= 0.6 is 11.8 Å². The largest absolute Gasteiger partial charge is 0.335 e. The Hall–Kier alpha value is -2.08. The summed E-state index contributed by atoms with van der Waals surface area (Å²) in [6.07, 6.45) is 5.97. The number of rotatable bonds is 6. The molecule has 1 aliphatic rings. The first-order valence-corrected chi connectivity index (χ1v) is 9.05. The predicted octanol–water partition coefficient (Wildman–Crippen LogP) is 2.75. The molecule has 2 heterocycles. The predicted molar refractivity (Wildman–Crippen MR) is 94.4 cm³/mol. The van der Waals surface area contributed by atoms with E-state index in [1.807, 2.05) is 33.9 Å². The lowest BCUT2D eigenvalue weighted by atomic mass is 10.1. The maximum Gasteiger partial charge on any atom is 0.223 e. The number of likely N-dealkylation sites (tertiary alicyclic amines) is 1. The van der Waals surface area contributed by atoms with Gasteiger partial charge in [0.15, 0.2) is 5.12 Å². The van der Waals surface area contributed by atoms with Crippen molar-refractivity contribution >= 4 is 22.8 Å². The Morgan fingerprint density at radius 1 is 1.38 bits per heavy atom. The SMILES string of the molecule is CC(=O)SCC1CC(=O)N(C(Cn2ccnc2)c2ccccc2)C1. The monoisotopic (exact) mass is 343 g/mol.